The van der Waals surface area contributed by atoms with E-state index in [1.807, 2.05) is 31.2 Å². The van der Waals surface area contributed by atoms with Crippen LogP contribution in [0.15, 0.2) is 43.0 Å². The number of rotatable bonds is 6. The van der Waals surface area contributed by atoms with E-state index in [2.05, 4.69) is 11.9 Å². The third-order valence-electron chi connectivity index (χ3n) is 2.49. The van der Waals surface area contributed by atoms with Crippen LogP contribution in [0.5, 0.6) is 0 Å². The van der Waals surface area contributed by atoms with Gasteiger partial charge >= 0.3 is 5.97 Å². The molecule has 0 radical (unpaired) electrons. The van der Waals surface area contributed by atoms with Gasteiger partial charge in [-0.25, -0.2) is 4.79 Å². The monoisotopic (exact) mass is 259 g/mol. The first-order valence-corrected chi connectivity index (χ1v) is 5.92. The van der Waals surface area contributed by atoms with E-state index in [-0.39, 0.29) is 6.42 Å². The van der Waals surface area contributed by atoms with Crippen LogP contribution in [0.25, 0.3) is 6.08 Å². The number of carbonyl (C=O) groups is 2. The summed E-state index contributed by atoms with van der Waals surface area (Å²) in [6, 6.07) is 6.72. The van der Waals surface area contributed by atoms with Crippen molar-refractivity contribution in [3.63, 3.8) is 0 Å². The first-order chi connectivity index (χ1) is 9.02. The number of carboxylic acid groups (broad SMARTS) is 1. The minimum atomic E-state index is -1.07. The number of nitrogens with one attached hydrogen (secondary N) is 1. The van der Waals surface area contributed by atoms with E-state index < -0.39 is 17.9 Å². The highest BCUT2D eigenvalue weighted by atomic mass is 16.4. The Morgan fingerprint density at radius 1 is 1.47 bits per heavy atom. The summed E-state index contributed by atoms with van der Waals surface area (Å²) in [5, 5.41) is 11.3. The lowest BCUT2D eigenvalue weighted by molar-refractivity contribution is -0.141. The average molecular weight is 259 g/mol. The maximum atomic E-state index is 11.6. The van der Waals surface area contributed by atoms with Crippen LogP contribution in [0.4, 0.5) is 0 Å². The zero-order chi connectivity index (χ0) is 14.3. The van der Waals surface area contributed by atoms with Gasteiger partial charge in [-0.1, -0.05) is 35.9 Å². The second-order valence-electron chi connectivity index (χ2n) is 4.17. The lowest BCUT2D eigenvalue weighted by Crippen LogP contribution is -2.39. The van der Waals surface area contributed by atoms with Gasteiger partial charge in [-0.15, -0.1) is 6.58 Å². The normalized spacial score (nSPS) is 12.1. The SMILES string of the molecule is C=CCC(NC(=O)/C=C/c1cccc(C)c1)C(=O)O. The molecule has 0 saturated carbocycles. The molecule has 0 heterocycles. The molecule has 0 aliphatic rings. The van der Waals surface area contributed by atoms with Crippen molar-refractivity contribution >= 4 is 18.0 Å². The zero-order valence-corrected chi connectivity index (χ0v) is 10.8. The summed E-state index contributed by atoms with van der Waals surface area (Å²) in [4.78, 5) is 22.5. The number of aliphatic carboxylic acids is 1. The Kier molecular flexibility index (Phi) is 5.54. The minimum Gasteiger partial charge on any atom is -0.480 e. The lowest BCUT2D eigenvalue weighted by Gasteiger charge is -2.10. The van der Waals surface area contributed by atoms with Crippen molar-refractivity contribution in [1.29, 1.82) is 0 Å². The van der Waals surface area contributed by atoms with Crippen LogP contribution in [0.1, 0.15) is 17.5 Å². The second-order valence-corrected chi connectivity index (χ2v) is 4.17. The van der Waals surface area contributed by atoms with Crippen LogP contribution < -0.4 is 5.32 Å². The van der Waals surface area contributed by atoms with Crippen molar-refractivity contribution in [3.05, 3.63) is 54.1 Å². The van der Waals surface area contributed by atoms with Crippen LogP contribution in [0, 0.1) is 6.92 Å². The first-order valence-electron chi connectivity index (χ1n) is 5.92. The predicted octanol–water partition coefficient (Wildman–Crippen LogP) is 2.15. The van der Waals surface area contributed by atoms with E-state index in [4.69, 9.17) is 5.11 Å². The van der Waals surface area contributed by atoms with E-state index in [1.165, 1.54) is 12.2 Å². The molecule has 0 fully saturated rings. The summed E-state index contributed by atoms with van der Waals surface area (Å²) in [6.07, 6.45) is 4.63. The fourth-order valence-corrected chi connectivity index (χ4v) is 1.55. The molecule has 100 valence electrons. The molecule has 19 heavy (non-hydrogen) atoms. The number of aryl methyl sites for hydroxylation is 1. The minimum absolute atomic E-state index is 0.194. The Morgan fingerprint density at radius 2 is 2.21 bits per heavy atom. The fraction of sp³-hybridized carbons (Fsp3) is 0.200. The largest absolute Gasteiger partial charge is 0.480 e. The van der Waals surface area contributed by atoms with Crippen molar-refractivity contribution < 1.29 is 14.7 Å². The Bertz CT molecular complexity index is 506. The van der Waals surface area contributed by atoms with Crippen molar-refractivity contribution in [2.45, 2.75) is 19.4 Å². The van der Waals surface area contributed by atoms with Gasteiger partial charge in [-0.3, -0.25) is 4.79 Å². The van der Waals surface area contributed by atoms with Crippen LogP contribution in [0.2, 0.25) is 0 Å². The van der Waals surface area contributed by atoms with Gasteiger partial charge in [0.25, 0.3) is 0 Å². The third-order valence-corrected chi connectivity index (χ3v) is 2.49. The Balaban J connectivity index is 2.64. The number of carbonyl (C=O) groups excluding carboxylic acids is 1. The van der Waals surface area contributed by atoms with Gasteiger partial charge in [-0.05, 0) is 25.0 Å². The van der Waals surface area contributed by atoms with Crippen molar-refractivity contribution in [2.24, 2.45) is 0 Å². The molecule has 1 amide bonds. The van der Waals surface area contributed by atoms with E-state index in [0.29, 0.717) is 0 Å². The summed E-state index contributed by atoms with van der Waals surface area (Å²) < 4.78 is 0. The summed E-state index contributed by atoms with van der Waals surface area (Å²) in [5.74, 6) is -1.51. The van der Waals surface area contributed by atoms with Crippen molar-refractivity contribution in [1.82, 2.24) is 5.32 Å². The average Bonchev–Trinajstić information content (AvgIpc) is 2.36. The first kappa shape index (κ1) is 14.7. The summed E-state index contributed by atoms with van der Waals surface area (Å²) in [5.41, 5.74) is 1.99. The molecule has 0 saturated heterocycles. The molecule has 0 bridgehead atoms. The highest BCUT2D eigenvalue weighted by Gasteiger charge is 2.16. The molecule has 4 nitrogen and oxygen atoms in total. The molecule has 2 N–H and O–H groups in total. The van der Waals surface area contributed by atoms with Gasteiger partial charge in [0.2, 0.25) is 5.91 Å². The maximum absolute atomic E-state index is 11.6. The van der Waals surface area contributed by atoms with Crippen molar-refractivity contribution in [3.8, 4) is 0 Å². The number of benzene rings is 1. The summed E-state index contributed by atoms with van der Waals surface area (Å²) in [7, 11) is 0. The molecule has 1 unspecified atom stereocenters. The fourth-order valence-electron chi connectivity index (χ4n) is 1.55. The predicted molar refractivity (Wildman–Crippen MR) is 74.6 cm³/mol. The van der Waals surface area contributed by atoms with Gasteiger partial charge in [0.15, 0.2) is 0 Å². The molecular formula is C15H17NO3. The van der Waals surface area contributed by atoms with Gasteiger partial charge < -0.3 is 10.4 Å². The van der Waals surface area contributed by atoms with Gasteiger partial charge in [0.05, 0.1) is 0 Å². The second kappa shape index (κ2) is 7.16. The Labute approximate surface area is 112 Å². The quantitative estimate of drug-likeness (QED) is 0.607. The maximum Gasteiger partial charge on any atom is 0.326 e. The standard InChI is InChI=1S/C15H17NO3/c1-3-5-13(15(18)19)16-14(17)9-8-12-7-4-6-11(2)10-12/h3-4,6-10,13H,1,5H2,2H3,(H,16,17)(H,18,19)/b9-8+. The van der Waals surface area contributed by atoms with Crippen LogP contribution in [0.3, 0.4) is 0 Å². The number of carboxylic acids is 1. The molecular weight excluding hydrogens is 242 g/mol. The summed E-state index contributed by atoms with van der Waals surface area (Å²) >= 11 is 0. The smallest absolute Gasteiger partial charge is 0.326 e. The molecule has 1 aromatic carbocycles. The zero-order valence-electron chi connectivity index (χ0n) is 10.8. The summed E-state index contributed by atoms with van der Waals surface area (Å²) in [6.45, 7) is 5.42. The molecule has 0 spiro atoms. The molecule has 4 heteroatoms. The molecule has 1 aromatic rings. The molecule has 0 aliphatic heterocycles. The van der Waals surface area contributed by atoms with Gasteiger partial charge in [-0.2, -0.15) is 0 Å². The van der Waals surface area contributed by atoms with Crippen molar-refractivity contribution in [2.75, 3.05) is 0 Å². The molecule has 0 aliphatic carbocycles. The van der Waals surface area contributed by atoms with E-state index in [1.54, 1.807) is 6.08 Å². The van der Waals surface area contributed by atoms with E-state index in [9.17, 15) is 9.59 Å². The topological polar surface area (TPSA) is 66.4 Å². The highest BCUT2D eigenvalue weighted by molar-refractivity contribution is 5.94. The molecule has 1 rings (SSSR count). The van der Waals surface area contributed by atoms with E-state index >= 15 is 0 Å². The number of amides is 1. The lowest BCUT2D eigenvalue weighted by atomic mass is 10.1. The Morgan fingerprint density at radius 3 is 2.79 bits per heavy atom. The van der Waals surface area contributed by atoms with Crippen LogP contribution in [-0.2, 0) is 9.59 Å². The third kappa shape index (κ3) is 5.21. The van der Waals surface area contributed by atoms with E-state index in [0.717, 1.165) is 11.1 Å². The Hall–Kier alpha value is -2.36. The van der Waals surface area contributed by atoms with Gasteiger partial charge in [0.1, 0.15) is 6.04 Å². The number of hydrogen-bond donors (Lipinski definition) is 2. The molecule has 1 atom stereocenters. The highest BCUT2D eigenvalue weighted by Crippen LogP contribution is 2.05. The van der Waals surface area contributed by atoms with Gasteiger partial charge in [0, 0.05) is 6.08 Å². The van der Waals surface area contributed by atoms with Crippen LogP contribution in [-0.4, -0.2) is 23.0 Å². The number of hydrogen-bond acceptors (Lipinski definition) is 2. The molecule has 0 aromatic heterocycles. The van der Waals surface area contributed by atoms with Crippen LogP contribution >= 0.6 is 0 Å².